The highest BCUT2D eigenvalue weighted by Crippen LogP contribution is 2.21. The number of aromatic nitrogens is 2. The Morgan fingerprint density at radius 3 is 1.19 bits per heavy atom. The molecule has 5 rings (SSSR count). The van der Waals surface area contributed by atoms with E-state index in [2.05, 4.69) is 0 Å². The van der Waals surface area contributed by atoms with E-state index < -0.39 is 34.2 Å². The number of nitrogens with zero attached hydrogens (tertiary/aromatic N) is 2. The van der Waals surface area contributed by atoms with E-state index in [-0.39, 0.29) is 44.4 Å². The molecule has 0 saturated heterocycles. The molecule has 2 heterocycles. The maximum absolute atomic E-state index is 13.2. The van der Waals surface area contributed by atoms with Crippen LogP contribution in [0.1, 0.15) is 13.8 Å². The largest absolute Gasteiger partial charge is 0.427 e. The molecule has 0 atom stereocenters. The van der Waals surface area contributed by atoms with Crippen LogP contribution in [-0.4, -0.2) is 21.1 Å². The Labute approximate surface area is 200 Å². The van der Waals surface area contributed by atoms with Crippen LogP contribution in [0.4, 0.5) is 0 Å². The summed E-state index contributed by atoms with van der Waals surface area (Å²) in [6.45, 7) is 2.44. The number of fused-ring (bicyclic) bond motifs is 2. The van der Waals surface area contributed by atoms with Gasteiger partial charge in [-0.25, -0.2) is 9.13 Å². The molecule has 2 aromatic heterocycles. The second kappa shape index (κ2) is 8.27. The molecule has 10 nitrogen and oxygen atoms in total. The number of hydrogen-bond donors (Lipinski definition) is 0. The normalized spacial score (nSPS) is 11.2. The van der Waals surface area contributed by atoms with Crippen molar-refractivity contribution in [2.45, 2.75) is 13.8 Å². The van der Waals surface area contributed by atoms with Crippen molar-refractivity contribution < 1.29 is 19.1 Å². The Hall–Kier alpha value is -5.12. The lowest BCUT2D eigenvalue weighted by Crippen LogP contribution is -2.24. The predicted molar refractivity (Wildman–Crippen MR) is 130 cm³/mol. The highest BCUT2D eigenvalue weighted by Gasteiger charge is 2.21. The first kappa shape index (κ1) is 22.7. The molecule has 0 N–H and O–H groups in total. The quantitative estimate of drug-likeness (QED) is 0.279. The molecule has 10 heteroatoms. The monoisotopic (exact) mass is 484 g/mol. The fourth-order valence-electron chi connectivity index (χ4n) is 4.15. The van der Waals surface area contributed by atoms with E-state index in [0.29, 0.717) is 0 Å². The Morgan fingerprint density at radius 1 is 0.556 bits per heavy atom. The molecular formula is C26H16N2O8. The lowest BCUT2D eigenvalue weighted by atomic mass is 10.1. The summed E-state index contributed by atoms with van der Waals surface area (Å²) in [6.07, 6.45) is 0. The standard InChI is InChI=1S/C26H16N2O8/c1-13(29)35-17-7-3-5-15(9-17)27-23(31)19-11-21-22(12-20(19)24(27)32)26(34)28(25(21)33)16-6-4-8-18(10-16)36-14(2)30/h3-12H,1-2H3. The molecule has 0 saturated carbocycles. The van der Waals surface area contributed by atoms with Crippen LogP contribution in [-0.2, 0) is 9.59 Å². The predicted octanol–water partition coefficient (Wildman–Crippen LogP) is 1.74. The summed E-state index contributed by atoms with van der Waals surface area (Å²) in [5, 5.41) is -0.136. The van der Waals surface area contributed by atoms with Crippen molar-refractivity contribution in [1.29, 1.82) is 0 Å². The van der Waals surface area contributed by atoms with Gasteiger partial charge in [-0.1, -0.05) is 12.1 Å². The van der Waals surface area contributed by atoms with Crippen molar-refractivity contribution in [3.63, 3.8) is 0 Å². The summed E-state index contributed by atoms with van der Waals surface area (Å²) >= 11 is 0. The summed E-state index contributed by atoms with van der Waals surface area (Å²) in [4.78, 5) is 75.2. The van der Waals surface area contributed by atoms with Gasteiger partial charge in [-0.05, 0) is 36.4 Å². The smallest absolute Gasteiger partial charge is 0.308 e. The molecule has 0 aliphatic rings. The number of ether oxygens (including phenoxy) is 2. The summed E-state index contributed by atoms with van der Waals surface area (Å²) in [6, 6.07) is 14.2. The number of rotatable bonds is 4. The second-order valence-electron chi connectivity index (χ2n) is 8.02. The third-order valence-electron chi connectivity index (χ3n) is 5.57. The van der Waals surface area contributed by atoms with Crippen LogP contribution >= 0.6 is 0 Å². The van der Waals surface area contributed by atoms with E-state index in [4.69, 9.17) is 9.47 Å². The number of carbonyl (C=O) groups excluding carboxylic acids is 2. The number of carbonyl (C=O) groups is 2. The van der Waals surface area contributed by atoms with E-state index in [1.54, 1.807) is 0 Å². The minimum absolute atomic E-state index is 0.0340. The van der Waals surface area contributed by atoms with Crippen molar-refractivity contribution in [2.24, 2.45) is 0 Å². The van der Waals surface area contributed by atoms with Crippen molar-refractivity contribution in [1.82, 2.24) is 9.13 Å². The molecule has 36 heavy (non-hydrogen) atoms. The molecule has 178 valence electrons. The maximum Gasteiger partial charge on any atom is 0.308 e. The minimum Gasteiger partial charge on any atom is -0.427 e. The fourth-order valence-corrected chi connectivity index (χ4v) is 4.15. The molecule has 0 spiro atoms. The molecule has 0 radical (unpaired) electrons. The van der Waals surface area contributed by atoms with Gasteiger partial charge in [0.1, 0.15) is 11.5 Å². The van der Waals surface area contributed by atoms with Gasteiger partial charge >= 0.3 is 11.9 Å². The summed E-state index contributed by atoms with van der Waals surface area (Å²) < 4.78 is 11.8. The van der Waals surface area contributed by atoms with Gasteiger partial charge in [-0.15, -0.1) is 0 Å². The lowest BCUT2D eigenvalue weighted by Gasteiger charge is -2.04. The summed E-state index contributed by atoms with van der Waals surface area (Å²) in [7, 11) is 0. The zero-order valence-corrected chi connectivity index (χ0v) is 18.9. The van der Waals surface area contributed by atoms with Crippen molar-refractivity contribution in [3.05, 3.63) is 102 Å². The van der Waals surface area contributed by atoms with Crippen LogP contribution in [0.25, 0.3) is 32.9 Å². The average molecular weight is 484 g/mol. The van der Waals surface area contributed by atoms with Crippen LogP contribution < -0.4 is 31.7 Å². The molecule has 0 bridgehead atoms. The van der Waals surface area contributed by atoms with Crippen LogP contribution in [0.5, 0.6) is 11.5 Å². The number of esters is 2. The average Bonchev–Trinajstić information content (AvgIpc) is 3.21. The SMILES string of the molecule is CC(=O)Oc1cccc(-n2c(=O)c3cc4c(=O)n(-c5cccc(OC(C)=O)c5)c(=O)c4cc3c2=O)c1. The molecule has 0 fully saturated rings. The van der Waals surface area contributed by atoms with Crippen LogP contribution in [0, 0.1) is 0 Å². The van der Waals surface area contributed by atoms with Crippen LogP contribution in [0.15, 0.2) is 79.8 Å². The molecule has 5 aromatic rings. The highest BCUT2D eigenvalue weighted by atomic mass is 16.5. The molecule has 0 amide bonds. The molecule has 0 aliphatic heterocycles. The van der Waals surface area contributed by atoms with E-state index >= 15 is 0 Å². The van der Waals surface area contributed by atoms with E-state index in [0.717, 1.165) is 9.13 Å². The van der Waals surface area contributed by atoms with Crippen LogP contribution in [0.2, 0.25) is 0 Å². The van der Waals surface area contributed by atoms with Crippen molar-refractivity contribution in [3.8, 4) is 22.9 Å². The Bertz CT molecular complexity index is 1720. The minimum atomic E-state index is -0.687. The summed E-state index contributed by atoms with van der Waals surface area (Å²) in [5.74, 6) is -0.830. The van der Waals surface area contributed by atoms with Gasteiger partial charge in [-0.3, -0.25) is 28.8 Å². The van der Waals surface area contributed by atoms with E-state index in [1.807, 2.05) is 0 Å². The fraction of sp³-hybridized carbons (Fsp3) is 0.0769. The molecular weight excluding hydrogens is 468 g/mol. The first-order valence-electron chi connectivity index (χ1n) is 10.7. The van der Waals surface area contributed by atoms with Gasteiger partial charge in [0.05, 0.1) is 32.9 Å². The second-order valence-corrected chi connectivity index (χ2v) is 8.02. The maximum atomic E-state index is 13.2. The topological polar surface area (TPSA) is 131 Å². The molecule has 0 unspecified atom stereocenters. The van der Waals surface area contributed by atoms with Gasteiger partial charge in [0.2, 0.25) is 0 Å². The van der Waals surface area contributed by atoms with Gasteiger partial charge in [0.25, 0.3) is 22.2 Å². The van der Waals surface area contributed by atoms with Crippen molar-refractivity contribution in [2.75, 3.05) is 0 Å². The zero-order valence-electron chi connectivity index (χ0n) is 18.9. The number of hydrogen-bond acceptors (Lipinski definition) is 8. The van der Waals surface area contributed by atoms with Crippen molar-refractivity contribution >= 4 is 33.5 Å². The highest BCUT2D eigenvalue weighted by molar-refractivity contribution is 5.98. The Morgan fingerprint density at radius 2 is 0.889 bits per heavy atom. The zero-order chi connectivity index (χ0) is 25.7. The first-order chi connectivity index (χ1) is 17.2. The lowest BCUT2D eigenvalue weighted by molar-refractivity contribution is -0.132. The molecule has 3 aromatic carbocycles. The van der Waals surface area contributed by atoms with Crippen LogP contribution in [0.3, 0.4) is 0 Å². The summed E-state index contributed by atoms with van der Waals surface area (Å²) in [5.41, 5.74) is -2.41. The van der Waals surface area contributed by atoms with Gasteiger partial charge in [0.15, 0.2) is 0 Å². The van der Waals surface area contributed by atoms with Gasteiger partial charge in [0, 0.05) is 26.0 Å². The Balaban J connectivity index is 1.72. The molecule has 0 aliphatic carbocycles. The number of benzene rings is 3. The Kier molecular flexibility index (Phi) is 5.21. The van der Waals surface area contributed by atoms with E-state index in [9.17, 15) is 28.8 Å². The van der Waals surface area contributed by atoms with Gasteiger partial charge in [-0.2, -0.15) is 0 Å². The first-order valence-corrected chi connectivity index (χ1v) is 10.7. The van der Waals surface area contributed by atoms with E-state index in [1.165, 1.54) is 74.5 Å². The third kappa shape index (κ3) is 3.61. The van der Waals surface area contributed by atoms with Gasteiger partial charge < -0.3 is 9.47 Å². The third-order valence-corrected chi connectivity index (χ3v) is 5.57.